The molecule has 2 aromatic rings. The smallest absolute Gasteiger partial charge is 0.256 e. The summed E-state index contributed by atoms with van der Waals surface area (Å²) < 4.78 is 10.8. The highest BCUT2D eigenvalue weighted by molar-refractivity contribution is 5.82. The van der Waals surface area contributed by atoms with E-state index in [0.717, 1.165) is 22.6 Å². The van der Waals surface area contributed by atoms with E-state index >= 15 is 0 Å². The van der Waals surface area contributed by atoms with Crippen LogP contribution in [-0.4, -0.2) is 29.6 Å². The van der Waals surface area contributed by atoms with Crippen LogP contribution >= 0.6 is 0 Å². The summed E-state index contributed by atoms with van der Waals surface area (Å²) >= 11 is 0. The first-order valence-electron chi connectivity index (χ1n) is 7.37. The molecule has 1 aromatic carbocycles. The van der Waals surface area contributed by atoms with Gasteiger partial charge < -0.3 is 14.2 Å². The maximum atomic E-state index is 12.7. The van der Waals surface area contributed by atoms with Gasteiger partial charge in [-0.3, -0.25) is 4.79 Å². The van der Waals surface area contributed by atoms with E-state index in [9.17, 15) is 4.79 Å². The Labute approximate surface area is 130 Å². The summed E-state index contributed by atoms with van der Waals surface area (Å²) in [7, 11) is 1.77. The number of aryl methyl sites for hydroxylation is 2. The van der Waals surface area contributed by atoms with Crippen LogP contribution in [0.25, 0.3) is 0 Å². The van der Waals surface area contributed by atoms with Crippen molar-refractivity contribution in [3.63, 3.8) is 0 Å². The van der Waals surface area contributed by atoms with Gasteiger partial charge in [-0.2, -0.15) is 0 Å². The fourth-order valence-corrected chi connectivity index (χ4v) is 2.35. The van der Waals surface area contributed by atoms with Crippen LogP contribution in [0.5, 0.6) is 0 Å². The molecule has 1 amide bonds. The number of hydrogen-bond donors (Lipinski definition) is 0. The first kappa shape index (κ1) is 16.2. The van der Waals surface area contributed by atoms with Crippen molar-refractivity contribution in [2.75, 3.05) is 13.7 Å². The molecule has 0 bridgehead atoms. The molecule has 0 saturated carbocycles. The Morgan fingerprint density at radius 3 is 2.55 bits per heavy atom. The zero-order valence-electron chi connectivity index (χ0n) is 13.5. The van der Waals surface area contributed by atoms with E-state index in [0.29, 0.717) is 13.2 Å². The Morgan fingerprint density at radius 2 is 2.00 bits per heavy atom. The number of carbonyl (C=O) groups excluding carboxylic acids is 1. The van der Waals surface area contributed by atoms with Crippen LogP contribution in [0.4, 0.5) is 0 Å². The van der Waals surface area contributed by atoms with Gasteiger partial charge in [0.25, 0.3) is 5.91 Å². The van der Waals surface area contributed by atoms with Crippen molar-refractivity contribution in [1.29, 1.82) is 0 Å². The molecule has 0 radical (unpaired) electrons. The normalized spacial score (nSPS) is 12.2. The van der Waals surface area contributed by atoms with Gasteiger partial charge in [0.2, 0.25) is 0 Å². The second-order valence-electron chi connectivity index (χ2n) is 5.24. The van der Waals surface area contributed by atoms with E-state index in [2.05, 4.69) is 5.16 Å². The van der Waals surface area contributed by atoms with E-state index in [-0.39, 0.29) is 5.91 Å². The Kier molecular flexibility index (Phi) is 5.33. The van der Waals surface area contributed by atoms with Crippen molar-refractivity contribution >= 4 is 5.91 Å². The molecule has 1 heterocycles. The van der Waals surface area contributed by atoms with Crippen molar-refractivity contribution in [1.82, 2.24) is 10.1 Å². The minimum Gasteiger partial charge on any atom is -0.364 e. The second kappa shape index (κ2) is 7.22. The molecule has 22 heavy (non-hydrogen) atoms. The van der Waals surface area contributed by atoms with Gasteiger partial charge in [0, 0.05) is 19.2 Å². The monoisotopic (exact) mass is 302 g/mol. The molecule has 2 rings (SSSR count). The van der Waals surface area contributed by atoms with E-state index in [4.69, 9.17) is 9.26 Å². The van der Waals surface area contributed by atoms with Gasteiger partial charge >= 0.3 is 0 Å². The van der Waals surface area contributed by atoms with Crippen LogP contribution in [0.2, 0.25) is 0 Å². The van der Waals surface area contributed by atoms with E-state index < -0.39 is 6.10 Å². The van der Waals surface area contributed by atoms with Gasteiger partial charge in [-0.05, 0) is 26.3 Å². The lowest BCUT2D eigenvalue weighted by molar-refractivity contribution is -0.143. The predicted molar refractivity (Wildman–Crippen MR) is 83.3 cm³/mol. The fraction of sp³-hybridized carbons (Fsp3) is 0.412. The third-order valence-corrected chi connectivity index (χ3v) is 3.61. The molecule has 0 fully saturated rings. The van der Waals surface area contributed by atoms with Crippen molar-refractivity contribution in [3.05, 3.63) is 52.9 Å². The molecule has 0 aliphatic heterocycles. The molecule has 118 valence electrons. The largest absolute Gasteiger partial charge is 0.364 e. The molecular formula is C17H22N2O3. The number of rotatable bonds is 6. The Bertz CT molecular complexity index is 603. The minimum atomic E-state index is -0.586. The quantitative estimate of drug-likeness (QED) is 0.823. The number of carbonyl (C=O) groups is 1. The number of hydrogen-bond acceptors (Lipinski definition) is 4. The molecular weight excluding hydrogens is 280 g/mol. The number of likely N-dealkylation sites (N-methyl/N-ethyl adjacent to an activating group) is 1. The molecule has 0 unspecified atom stereocenters. The summed E-state index contributed by atoms with van der Waals surface area (Å²) in [4.78, 5) is 14.4. The van der Waals surface area contributed by atoms with E-state index in [1.807, 2.05) is 51.1 Å². The summed E-state index contributed by atoms with van der Waals surface area (Å²) in [5.41, 5.74) is 2.61. The summed E-state index contributed by atoms with van der Waals surface area (Å²) in [6, 6.07) is 9.54. The highest BCUT2D eigenvalue weighted by Gasteiger charge is 2.25. The highest BCUT2D eigenvalue weighted by Crippen LogP contribution is 2.22. The average Bonchev–Trinajstić information content (AvgIpc) is 2.84. The van der Waals surface area contributed by atoms with Crippen molar-refractivity contribution in [3.8, 4) is 0 Å². The van der Waals surface area contributed by atoms with Gasteiger partial charge in [0.1, 0.15) is 5.76 Å². The van der Waals surface area contributed by atoms with Crippen LogP contribution in [0.15, 0.2) is 34.9 Å². The summed E-state index contributed by atoms with van der Waals surface area (Å²) in [6.07, 6.45) is -0.586. The second-order valence-corrected chi connectivity index (χ2v) is 5.24. The zero-order valence-corrected chi connectivity index (χ0v) is 13.5. The zero-order chi connectivity index (χ0) is 16.1. The van der Waals surface area contributed by atoms with E-state index in [1.165, 1.54) is 0 Å². The third kappa shape index (κ3) is 3.54. The molecule has 0 N–H and O–H groups in total. The molecule has 5 heteroatoms. The lowest BCUT2D eigenvalue weighted by Crippen LogP contribution is -2.33. The maximum Gasteiger partial charge on any atom is 0.256 e. The minimum absolute atomic E-state index is 0.0759. The Hall–Kier alpha value is -2.14. The summed E-state index contributed by atoms with van der Waals surface area (Å²) in [6.45, 7) is 6.55. The Morgan fingerprint density at radius 1 is 1.32 bits per heavy atom. The molecule has 5 nitrogen and oxygen atoms in total. The first-order valence-corrected chi connectivity index (χ1v) is 7.37. The standard InChI is InChI=1S/C17H22N2O3/c1-5-21-16(14-9-7-6-8-10-14)17(20)19(4)11-15-12(2)18-22-13(15)3/h6-10,16H,5,11H2,1-4H3/t16-/m1/s1. The molecule has 1 atom stereocenters. The SMILES string of the molecule is CCO[C@@H](C(=O)N(C)Cc1c(C)noc1C)c1ccccc1. The molecule has 0 aliphatic rings. The number of benzene rings is 1. The number of amides is 1. The predicted octanol–water partition coefficient (Wildman–Crippen LogP) is 3.03. The summed E-state index contributed by atoms with van der Waals surface area (Å²) in [5, 5.41) is 3.92. The fourth-order valence-electron chi connectivity index (χ4n) is 2.35. The van der Waals surface area contributed by atoms with Gasteiger partial charge in [-0.15, -0.1) is 0 Å². The van der Waals surface area contributed by atoms with Crippen LogP contribution < -0.4 is 0 Å². The van der Waals surface area contributed by atoms with Crippen LogP contribution in [0, 0.1) is 13.8 Å². The van der Waals surface area contributed by atoms with E-state index in [1.54, 1.807) is 11.9 Å². The molecule has 0 saturated heterocycles. The summed E-state index contributed by atoms with van der Waals surface area (Å²) in [5.74, 6) is 0.665. The number of nitrogens with zero attached hydrogens (tertiary/aromatic N) is 2. The maximum absolute atomic E-state index is 12.7. The van der Waals surface area contributed by atoms with Gasteiger partial charge in [-0.1, -0.05) is 35.5 Å². The molecule has 1 aromatic heterocycles. The van der Waals surface area contributed by atoms with Crippen LogP contribution in [0.1, 0.15) is 35.6 Å². The lowest BCUT2D eigenvalue weighted by atomic mass is 10.1. The lowest BCUT2D eigenvalue weighted by Gasteiger charge is -2.24. The van der Waals surface area contributed by atoms with Crippen molar-refractivity contribution < 1.29 is 14.1 Å². The Balaban J connectivity index is 2.16. The van der Waals surface area contributed by atoms with Crippen LogP contribution in [0.3, 0.4) is 0 Å². The average molecular weight is 302 g/mol. The first-order chi connectivity index (χ1) is 10.5. The molecule has 0 spiro atoms. The topological polar surface area (TPSA) is 55.6 Å². The van der Waals surface area contributed by atoms with Gasteiger partial charge in [-0.25, -0.2) is 0 Å². The number of ether oxygens (including phenoxy) is 1. The van der Waals surface area contributed by atoms with Crippen molar-refractivity contribution in [2.45, 2.75) is 33.4 Å². The van der Waals surface area contributed by atoms with Crippen molar-refractivity contribution in [2.24, 2.45) is 0 Å². The highest BCUT2D eigenvalue weighted by atomic mass is 16.5. The van der Waals surface area contributed by atoms with Gasteiger partial charge in [0.15, 0.2) is 6.10 Å². The molecule has 0 aliphatic carbocycles. The van der Waals surface area contributed by atoms with Gasteiger partial charge in [0.05, 0.1) is 12.2 Å². The van der Waals surface area contributed by atoms with Crippen LogP contribution in [-0.2, 0) is 16.1 Å². The number of aromatic nitrogens is 1. The third-order valence-electron chi connectivity index (χ3n) is 3.61.